The van der Waals surface area contributed by atoms with Gasteiger partial charge in [-0.3, -0.25) is 9.20 Å². The van der Waals surface area contributed by atoms with Crippen LogP contribution in [0.1, 0.15) is 59.6 Å². The predicted molar refractivity (Wildman–Crippen MR) is 112 cm³/mol. The maximum Gasteiger partial charge on any atom is 0.343 e. The van der Waals surface area contributed by atoms with Crippen molar-refractivity contribution < 1.29 is 13.9 Å². The molecule has 1 aliphatic heterocycles. The van der Waals surface area contributed by atoms with E-state index in [4.69, 9.17) is 4.74 Å². The van der Waals surface area contributed by atoms with Crippen molar-refractivity contribution in [3.05, 3.63) is 57.5 Å². The second kappa shape index (κ2) is 7.47. The monoisotopic (exact) mass is 425 g/mol. The van der Waals surface area contributed by atoms with Gasteiger partial charge in [-0.25, -0.2) is 13.9 Å². The molecule has 0 N–H and O–H groups in total. The van der Waals surface area contributed by atoms with Gasteiger partial charge in [-0.2, -0.15) is 0 Å². The van der Waals surface area contributed by atoms with Gasteiger partial charge in [-0.1, -0.05) is 5.21 Å². The normalized spacial score (nSPS) is 18.7. The molecule has 2 fully saturated rings. The minimum absolute atomic E-state index is 0.0415. The molecule has 0 spiro atoms. The number of ether oxygens (including phenoxy) is 1. The van der Waals surface area contributed by atoms with Gasteiger partial charge in [-0.05, 0) is 56.2 Å². The fourth-order valence-electron chi connectivity index (χ4n) is 4.66. The Bertz CT molecular complexity index is 1220. The number of aryl methyl sites for hydroxylation is 1. The van der Waals surface area contributed by atoms with Crippen molar-refractivity contribution in [3.63, 3.8) is 0 Å². The van der Waals surface area contributed by atoms with Crippen LogP contribution in [0.5, 0.6) is 0 Å². The van der Waals surface area contributed by atoms with Crippen LogP contribution in [0.15, 0.2) is 29.5 Å². The fourth-order valence-corrected chi connectivity index (χ4v) is 4.66. The summed E-state index contributed by atoms with van der Waals surface area (Å²) >= 11 is 0. The number of fused-ring (bicyclic) bond motifs is 1. The average Bonchev–Trinajstić information content (AvgIpc) is 3.22. The third kappa shape index (κ3) is 3.28. The Kier molecular flexibility index (Phi) is 4.75. The average molecular weight is 425 g/mol. The summed E-state index contributed by atoms with van der Waals surface area (Å²) in [5.41, 5.74) is 2.24. The third-order valence-corrected chi connectivity index (χ3v) is 6.25. The molecule has 1 unspecified atom stereocenters. The molecule has 2 aliphatic rings. The van der Waals surface area contributed by atoms with Gasteiger partial charge in [0.05, 0.1) is 36.2 Å². The van der Waals surface area contributed by atoms with E-state index < -0.39 is 17.3 Å². The first-order chi connectivity index (χ1) is 15.0. The zero-order chi connectivity index (χ0) is 21.7. The second-order valence-corrected chi connectivity index (χ2v) is 8.25. The number of aromatic nitrogens is 4. The van der Waals surface area contributed by atoms with Gasteiger partial charge in [0.25, 0.3) is 5.56 Å². The first kappa shape index (κ1) is 19.7. The zero-order valence-electron chi connectivity index (χ0n) is 17.5. The van der Waals surface area contributed by atoms with Crippen molar-refractivity contribution in [2.45, 2.75) is 45.1 Å². The highest BCUT2D eigenvalue weighted by Crippen LogP contribution is 2.44. The van der Waals surface area contributed by atoms with E-state index in [9.17, 15) is 9.59 Å². The molecule has 0 amide bonds. The largest absolute Gasteiger partial charge is 0.462 e. The van der Waals surface area contributed by atoms with Crippen molar-refractivity contribution in [1.29, 1.82) is 0 Å². The number of hydrogen-bond acceptors (Lipinski definition) is 6. The maximum atomic E-state index is 15.4. The van der Waals surface area contributed by atoms with Crippen LogP contribution in [0.25, 0.3) is 5.52 Å². The van der Waals surface area contributed by atoms with E-state index in [1.807, 2.05) is 18.0 Å². The quantitative estimate of drug-likeness (QED) is 0.585. The molecule has 31 heavy (non-hydrogen) atoms. The van der Waals surface area contributed by atoms with E-state index >= 15 is 4.39 Å². The number of hydrogen-bond donors (Lipinski definition) is 0. The van der Waals surface area contributed by atoms with Crippen LogP contribution in [0, 0.1) is 12.7 Å². The van der Waals surface area contributed by atoms with Gasteiger partial charge < -0.3 is 9.64 Å². The second-order valence-electron chi connectivity index (χ2n) is 8.25. The number of anilines is 1. The fraction of sp³-hybridized carbons (Fsp3) is 0.455. The van der Waals surface area contributed by atoms with Crippen LogP contribution in [-0.2, 0) is 4.74 Å². The SMILES string of the molecule is CCOC(=O)c1cc(C2CC2)c2c(C)c(N3CCC(n4ccnn4)C3)c(F)cn2c1=O. The number of esters is 1. The number of nitrogens with zero attached hydrogens (tertiary/aromatic N) is 5. The molecule has 9 heteroatoms. The van der Waals surface area contributed by atoms with Crippen LogP contribution in [0.2, 0.25) is 0 Å². The van der Waals surface area contributed by atoms with Crippen LogP contribution in [-0.4, -0.2) is 45.1 Å². The summed E-state index contributed by atoms with van der Waals surface area (Å²) in [7, 11) is 0. The lowest BCUT2D eigenvalue weighted by Crippen LogP contribution is -2.28. The van der Waals surface area contributed by atoms with E-state index in [-0.39, 0.29) is 24.1 Å². The minimum Gasteiger partial charge on any atom is -0.462 e. The Balaban J connectivity index is 1.64. The molecule has 1 aliphatic carbocycles. The number of pyridine rings is 2. The molecule has 0 bridgehead atoms. The van der Waals surface area contributed by atoms with Gasteiger partial charge in [0.2, 0.25) is 0 Å². The van der Waals surface area contributed by atoms with Crippen LogP contribution < -0.4 is 10.5 Å². The van der Waals surface area contributed by atoms with Crippen LogP contribution in [0.4, 0.5) is 10.1 Å². The highest BCUT2D eigenvalue weighted by atomic mass is 19.1. The Morgan fingerprint density at radius 2 is 2.13 bits per heavy atom. The standard InChI is InChI=1S/C22H24FN5O3/c1-3-31-22(30)17-10-16(14-4-5-14)19-13(2)20(18(23)12-27(19)21(17)29)26-8-6-15(11-26)28-9-7-24-25-28/h7,9-10,12,14-15H,3-6,8,11H2,1-2H3. The first-order valence-electron chi connectivity index (χ1n) is 10.7. The number of carbonyl (C=O) groups is 1. The lowest BCUT2D eigenvalue weighted by Gasteiger charge is -2.24. The summed E-state index contributed by atoms with van der Waals surface area (Å²) in [6, 6.07) is 1.78. The Hall–Kier alpha value is -3.23. The molecule has 1 atom stereocenters. The van der Waals surface area contributed by atoms with Crippen LogP contribution >= 0.6 is 0 Å². The minimum atomic E-state index is -0.666. The Morgan fingerprint density at radius 3 is 2.81 bits per heavy atom. The molecule has 5 rings (SSSR count). The van der Waals surface area contributed by atoms with E-state index in [1.54, 1.807) is 23.9 Å². The summed E-state index contributed by atoms with van der Waals surface area (Å²) in [6.45, 7) is 5.01. The van der Waals surface area contributed by atoms with E-state index in [2.05, 4.69) is 10.3 Å². The van der Waals surface area contributed by atoms with Crippen molar-refractivity contribution >= 4 is 17.2 Å². The van der Waals surface area contributed by atoms with Gasteiger partial charge in [-0.15, -0.1) is 5.10 Å². The van der Waals surface area contributed by atoms with E-state index in [1.165, 1.54) is 10.6 Å². The van der Waals surface area contributed by atoms with Crippen molar-refractivity contribution in [3.8, 4) is 0 Å². The Morgan fingerprint density at radius 1 is 1.32 bits per heavy atom. The highest BCUT2D eigenvalue weighted by Gasteiger charge is 2.33. The molecule has 162 valence electrons. The predicted octanol–water partition coefficient (Wildman–Crippen LogP) is 2.84. The topological polar surface area (TPSA) is 81.7 Å². The van der Waals surface area contributed by atoms with Crippen molar-refractivity contribution in [1.82, 2.24) is 19.4 Å². The van der Waals surface area contributed by atoms with Gasteiger partial charge in [0.15, 0.2) is 5.82 Å². The van der Waals surface area contributed by atoms with Crippen LogP contribution in [0.3, 0.4) is 0 Å². The summed E-state index contributed by atoms with van der Waals surface area (Å²) in [5, 5.41) is 7.94. The van der Waals surface area contributed by atoms with E-state index in [0.717, 1.165) is 24.8 Å². The smallest absolute Gasteiger partial charge is 0.343 e. The molecule has 1 saturated heterocycles. The number of carbonyl (C=O) groups excluding carboxylic acids is 1. The van der Waals surface area contributed by atoms with Gasteiger partial charge in [0.1, 0.15) is 5.56 Å². The number of rotatable bonds is 5. The molecule has 8 nitrogen and oxygen atoms in total. The maximum absolute atomic E-state index is 15.4. The molecular formula is C22H24FN5O3. The molecule has 0 aromatic carbocycles. The summed E-state index contributed by atoms with van der Waals surface area (Å²) in [6.07, 6.45) is 7.48. The summed E-state index contributed by atoms with van der Waals surface area (Å²) < 4.78 is 23.5. The highest BCUT2D eigenvalue weighted by molar-refractivity contribution is 5.90. The summed E-state index contributed by atoms with van der Waals surface area (Å²) in [5.74, 6) is -0.877. The number of halogens is 1. The van der Waals surface area contributed by atoms with Crippen molar-refractivity contribution in [2.75, 3.05) is 24.6 Å². The van der Waals surface area contributed by atoms with Crippen molar-refractivity contribution in [2.24, 2.45) is 0 Å². The lowest BCUT2D eigenvalue weighted by molar-refractivity contribution is 0.0524. The van der Waals surface area contributed by atoms with E-state index in [0.29, 0.717) is 29.9 Å². The zero-order valence-corrected chi connectivity index (χ0v) is 17.5. The third-order valence-electron chi connectivity index (χ3n) is 6.25. The molecule has 0 radical (unpaired) electrons. The molecule has 1 saturated carbocycles. The summed E-state index contributed by atoms with van der Waals surface area (Å²) in [4.78, 5) is 27.4. The molecule has 3 aromatic heterocycles. The molecule has 4 heterocycles. The van der Waals surface area contributed by atoms with Gasteiger partial charge >= 0.3 is 5.97 Å². The van der Waals surface area contributed by atoms with Gasteiger partial charge in [0, 0.05) is 19.3 Å². The first-order valence-corrected chi connectivity index (χ1v) is 10.7. The molecular weight excluding hydrogens is 401 g/mol. The Labute approximate surface area is 178 Å². The lowest BCUT2D eigenvalue weighted by atomic mass is 10.0. The molecule has 3 aromatic rings.